The molecule has 0 bridgehead atoms. The number of benzene rings is 1. The number of rotatable bonds is 3. The lowest BCUT2D eigenvalue weighted by atomic mass is 10.0. The van der Waals surface area contributed by atoms with E-state index in [2.05, 4.69) is 5.32 Å². The zero-order valence-electron chi connectivity index (χ0n) is 10.8. The summed E-state index contributed by atoms with van der Waals surface area (Å²) in [5.41, 5.74) is 7.65. The van der Waals surface area contributed by atoms with Crippen LogP contribution in [0.4, 0.5) is 18.9 Å². The van der Waals surface area contributed by atoms with Gasteiger partial charge in [-0.05, 0) is 32.0 Å². The van der Waals surface area contributed by atoms with Gasteiger partial charge in [0.25, 0.3) is 5.91 Å². The lowest BCUT2D eigenvalue weighted by molar-refractivity contribution is -0.137. The average Bonchev–Trinajstić information content (AvgIpc) is 2.26. The van der Waals surface area contributed by atoms with Crippen molar-refractivity contribution in [2.24, 2.45) is 5.73 Å². The first-order valence-electron chi connectivity index (χ1n) is 5.54. The van der Waals surface area contributed by atoms with Gasteiger partial charge in [-0.1, -0.05) is 0 Å². The minimum Gasteiger partial charge on any atom is -0.398 e. The summed E-state index contributed by atoms with van der Waals surface area (Å²) in [6, 6.07) is 2.38. The molecule has 2 amide bonds. The Labute approximate surface area is 113 Å². The van der Waals surface area contributed by atoms with Crippen LogP contribution in [0.3, 0.4) is 0 Å². The molecule has 8 heteroatoms. The normalized spacial score (nSPS) is 12.1. The first-order chi connectivity index (χ1) is 8.95. The molecular formula is C12H14F3N3O2. The van der Waals surface area contributed by atoms with E-state index >= 15 is 0 Å². The summed E-state index contributed by atoms with van der Waals surface area (Å²) in [5.74, 6) is -1.73. The van der Waals surface area contributed by atoms with E-state index in [1.165, 1.54) is 13.8 Å². The summed E-state index contributed by atoms with van der Waals surface area (Å²) >= 11 is 0. The number of nitrogens with one attached hydrogen (secondary N) is 1. The maximum atomic E-state index is 12.6. The third kappa shape index (κ3) is 3.40. The van der Waals surface area contributed by atoms with Crippen molar-refractivity contribution < 1.29 is 22.8 Å². The van der Waals surface area contributed by atoms with E-state index in [1.807, 2.05) is 0 Å². The van der Waals surface area contributed by atoms with Crippen molar-refractivity contribution in [3.63, 3.8) is 0 Å². The molecule has 0 atom stereocenters. The predicted molar refractivity (Wildman–Crippen MR) is 66.6 cm³/mol. The number of nitrogen functional groups attached to an aromatic ring is 1. The molecule has 1 rings (SSSR count). The zero-order valence-corrected chi connectivity index (χ0v) is 10.8. The van der Waals surface area contributed by atoms with E-state index in [9.17, 15) is 22.8 Å². The molecule has 110 valence electrons. The highest BCUT2D eigenvalue weighted by Gasteiger charge is 2.33. The highest BCUT2D eigenvalue weighted by Crippen LogP contribution is 2.31. The molecule has 20 heavy (non-hydrogen) atoms. The lowest BCUT2D eigenvalue weighted by Gasteiger charge is -2.23. The molecule has 1 aromatic rings. The Hall–Kier alpha value is -2.25. The van der Waals surface area contributed by atoms with Crippen LogP contribution in [0.15, 0.2) is 18.2 Å². The van der Waals surface area contributed by atoms with Crippen molar-refractivity contribution in [2.45, 2.75) is 25.6 Å². The first kappa shape index (κ1) is 15.8. The molecule has 0 spiro atoms. The summed E-state index contributed by atoms with van der Waals surface area (Å²) < 4.78 is 37.7. The number of amides is 2. The van der Waals surface area contributed by atoms with E-state index in [4.69, 9.17) is 11.5 Å². The minimum atomic E-state index is -4.60. The molecule has 5 nitrogen and oxygen atoms in total. The van der Waals surface area contributed by atoms with Crippen LogP contribution < -0.4 is 16.8 Å². The first-order valence-corrected chi connectivity index (χ1v) is 5.54. The third-order valence-corrected chi connectivity index (χ3v) is 2.67. The fourth-order valence-corrected chi connectivity index (χ4v) is 1.34. The summed E-state index contributed by atoms with van der Waals surface area (Å²) in [4.78, 5) is 23.0. The van der Waals surface area contributed by atoms with Crippen molar-refractivity contribution in [3.8, 4) is 0 Å². The molecule has 0 aliphatic rings. The maximum absolute atomic E-state index is 12.6. The average molecular weight is 289 g/mol. The molecule has 0 aliphatic heterocycles. The Balaban J connectivity index is 3.14. The van der Waals surface area contributed by atoms with Gasteiger partial charge in [-0.15, -0.1) is 0 Å². The number of hydrogen-bond acceptors (Lipinski definition) is 3. The number of carbonyl (C=O) groups excluding carboxylic acids is 2. The number of nitrogens with two attached hydrogens (primary N) is 2. The topological polar surface area (TPSA) is 98.2 Å². The molecule has 0 saturated heterocycles. The second-order valence-electron chi connectivity index (χ2n) is 4.74. The Kier molecular flexibility index (Phi) is 3.97. The van der Waals surface area contributed by atoms with E-state index in [-0.39, 0.29) is 11.3 Å². The molecule has 0 aromatic heterocycles. The van der Waals surface area contributed by atoms with Gasteiger partial charge in [0.1, 0.15) is 5.54 Å². The number of carbonyl (C=O) groups is 2. The Morgan fingerprint density at radius 1 is 1.20 bits per heavy atom. The van der Waals surface area contributed by atoms with Crippen LogP contribution in [0.1, 0.15) is 29.8 Å². The van der Waals surface area contributed by atoms with Crippen molar-refractivity contribution in [3.05, 3.63) is 29.3 Å². The van der Waals surface area contributed by atoms with Gasteiger partial charge in [0.15, 0.2) is 0 Å². The molecule has 1 aromatic carbocycles. The van der Waals surface area contributed by atoms with Gasteiger partial charge in [-0.2, -0.15) is 13.2 Å². The summed E-state index contributed by atoms with van der Waals surface area (Å²) in [6.07, 6.45) is -4.60. The summed E-state index contributed by atoms with van der Waals surface area (Å²) in [7, 11) is 0. The largest absolute Gasteiger partial charge is 0.416 e. The van der Waals surface area contributed by atoms with Crippen LogP contribution in [-0.2, 0) is 11.0 Å². The molecule has 0 saturated carbocycles. The SMILES string of the molecule is CC(C)(NC(=O)c1cc(C(F)(F)F)ccc1N)C(N)=O. The van der Waals surface area contributed by atoms with Gasteiger partial charge >= 0.3 is 6.18 Å². The second-order valence-corrected chi connectivity index (χ2v) is 4.74. The van der Waals surface area contributed by atoms with Gasteiger partial charge in [-0.25, -0.2) is 0 Å². The van der Waals surface area contributed by atoms with Crippen LogP contribution in [-0.4, -0.2) is 17.4 Å². The third-order valence-electron chi connectivity index (χ3n) is 2.67. The number of anilines is 1. The molecule has 5 N–H and O–H groups in total. The minimum absolute atomic E-state index is 0.129. The zero-order chi connectivity index (χ0) is 15.7. The van der Waals surface area contributed by atoms with Crippen molar-refractivity contribution in [1.82, 2.24) is 5.32 Å². The second kappa shape index (κ2) is 5.03. The van der Waals surface area contributed by atoms with Gasteiger partial charge in [-0.3, -0.25) is 9.59 Å². The monoisotopic (exact) mass is 289 g/mol. The molecular weight excluding hydrogens is 275 g/mol. The van der Waals surface area contributed by atoms with Gasteiger partial charge in [0.05, 0.1) is 11.1 Å². The van der Waals surface area contributed by atoms with Crippen molar-refractivity contribution in [2.75, 3.05) is 5.73 Å². The quantitative estimate of drug-likeness (QED) is 0.731. The standard InChI is InChI=1S/C12H14F3N3O2/c1-11(2,10(17)20)18-9(19)7-5-6(12(13,14)15)3-4-8(7)16/h3-5H,16H2,1-2H3,(H2,17,20)(H,18,19). The molecule has 0 heterocycles. The number of hydrogen-bond donors (Lipinski definition) is 3. The van der Waals surface area contributed by atoms with E-state index in [0.29, 0.717) is 6.07 Å². The van der Waals surface area contributed by atoms with E-state index in [0.717, 1.165) is 12.1 Å². The highest BCUT2D eigenvalue weighted by molar-refractivity contribution is 6.02. The van der Waals surface area contributed by atoms with Gasteiger partial charge < -0.3 is 16.8 Å². The lowest BCUT2D eigenvalue weighted by Crippen LogP contribution is -2.53. The Morgan fingerprint density at radius 3 is 2.20 bits per heavy atom. The highest BCUT2D eigenvalue weighted by atomic mass is 19.4. The number of primary amides is 1. The fraction of sp³-hybridized carbons (Fsp3) is 0.333. The Morgan fingerprint density at radius 2 is 1.75 bits per heavy atom. The molecule has 0 unspecified atom stereocenters. The predicted octanol–water partition coefficient (Wildman–Crippen LogP) is 1.28. The fourth-order valence-electron chi connectivity index (χ4n) is 1.34. The smallest absolute Gasteiger partial charge is 0.398 e. The Bertz CT molecular complexity index is 553. The van der Waals surface area contributed by atoms with Crippen LogP contribution in [0, 0.1) is 0 Å². The molecule has 0 radical (unpaired) electrons. The molecule has 0 fully saturated rings. The van der Waals surface area contributed by atoms with Crippen LogP contribution in [0.2, 0.25) is 0 Å². The molecule has 0 aliphatic carbocycles. The maximum Gasteiger partial charge on any atom is 0.416 e. The van der Waals surface area contributed by atoms with E-state index in [1.54, 1.807) is 0 Å². The van der Waals surface area contributed by atoms with Crippen molar-refractivity contribution >= 4 is 17.5 Å². The van der Waals surface area contributed by atoms with Gasteiger partial charge in [0.2, 0.25) is 5.91 Å². The number of halogens is 3. The van der Waals surface area contributed by atoms with Crippen LogP contribution in [0.25, 0.3) is 0 Å². The number of alkyl halides is 3. The van der Waals surface area contributed by atoms with Crippen molar-refractivity contribution in [1.29, 1.82) is 0 Å². The van der Waals surface area contributed by atoms with Crippen LogP contribution in [0.5, 0.6) is 0 Å². The van der Waals surface area contributed by atoms with Crippen LogP contribution >= 0.6 is 0 Å². The summed E-state index contributed by atoms with van der Waals surface area (Å²) in [5, 5.41) is 2.23. The van der Waals surface area contributed by atoms with Gasteiger partial charge in [0, 0.05) is 5.69 Å². The summed E-state index contributed by atoms with van der Waals surface area (Å²) in [6.45, 7) is 2.66. The van der Waals surface area contributed by atoms with E-state index < -0.39 is 29.1 Å².